The molecule has 1 N–H and O–H groups in total. The molecule has 1 amide bonds. The van der Waals surface area contributed by atoms with Crippen molar-refractivity contribution in [2.24, 2.45) is 0 Å². The van der Waals surface area contributed by atoms with Gasteiger partial charge in [-0.2, -0.15) is 0 Å². The van der Waals surface area contributed by atoms with E-state index in [0.717, 1.165) is 5.75 Å². The van der Waals surface area contributed by atoms with Gasteiger partial charge in [-0.3, -0.25) is 4.79 Å². The molecule has 6 nitrogen and oxygen atoms in total. The number of aromatic nitrogens is 1. The van der Waals surface area contributed by atoms with Crippen LogP contribution in [-0.4, -0.2) is 30.0 Å². The van der Waals surface area contributed by atoms with Crippen molar-refractivity contribution in [2.75, 3.05) is 13.2 Å². The van der Waals surface area contributed by atoms with Crippen molar-refractivity contribution in [3.05, 3.63) is 82.3 Å². The summed E-state index contributed by atoms with van der Waals surface area (Å²) in [6.45, 7) is 0.758. The van der Waals surface area contributed by atoms with Crippen molar-refractivity contribution in [1.29, 1.82) is 0 Å². The maximum absolute atomic E-state index is 12.1. The Morgan fingerprint density at radius 2 is 1.70 bits per heavy atom. The highest BCUT2D eigenvalue weighted by molar-refractivity contribution is 7.09. The summed E-state index contributed by atoms with van der Waals surface area (Å²) in [5, 5.41) is 4.94. The van der Waals surface area contributed by atoms with Crippen LogP contribution in [0.3, 0.4) is 0 Å². The lowest BCUT2D eigenvalue weighted by atomic mass is 10.2. The van der Waals surface area contributed by atoms with Gasteiger partial charge in [0.1, 0.15) is 29.7 Å². The third-order valence-corrected chi connectivity index (χ3v) is 4.34. The van der Waals surface area contributed by atoms with Gasteiger partial charge in [0.25, 0.3) is 5.91 Å². The molecule has 0 radical (unpaired) electrons. The van der Waals surface area contributed by atoms with E-state index in [9.17, 15) is 9.59 Å². The second-order valence-electron chi connectivity index (χ2n) is 5.49. The first-order chi connectivity index (χ1) is 13.2. The first kappa shape index (κ1) is 18.6. The number of nitrogens with zero attached hydrogens (tertiary/aromatic N) is 1. The average Bonchev–Trinajstić information content (AvgIpc) is 3.20. The highest BCUT2D eigenvalue weighted by Gasteiger charge is 2.12. The average molecular weight is 382 g/mol. The van der Waals surface area contributed by atoms with Crippen LogP contribution in [0.1, 0.15) is 25.9 Å². The Balaban J connectivity index is 1.41. The van der Waals surface area contributed by atoms with Crippen LogP contribution < -0.4 is 10.1 Å². The molecule has 2 aromatic carbocycles. The Morgan fingerprint density at radius 1 is 1.00 bits per heavy atom. The topological polar surface area (TPSA) is 77.5 Å². The summed E-state index contributed by atoms with van der Waals surface area (Å²) in [5.74, 6) is 0.0429. The van der Waals surface area contributed by atoms with Gasteiger partial charge in [-0.1, -0.05) is 36.4 Å². The molecule has 0 aliphatic heterocycles. The standard InChI is InChI=1S/C20H18N2O4S/c23-19(21-11-12-25-16-9-5-2-6-10-16)17-14-27-18(22-17)13-26-20(24)15-7-3-1-4-8-15/h1-10,14H,11-13H2,(H,21,23). The van der Waals surface area contributed by atoms with Crippen LogP contribution in [0.2, 0.25) is 0 Å². The lowest BCUT2D eigenvalue weighted by molar-refractivity contribution is 0.0472. The van der Waals surface area contributed by atoms with Crippen LogP contribution in [0.5, 0.6) is 5.75 Å². The van der Waals surface area contributed by atoms with Crippen LogP contribution in [0.4, 0.5) is 0 Å². The van der Waals surface area contributed by atoms with Gasteiger partial charge >= 0.3 is 5.97 Å². The molecule has 0 saturated heterocycles. The monoisotopic (exact) mass is 382 g/mol. The van der Waals surface area contributed by atoms with Gasteiger partial charge < -0.3 is 14.8 Å². The number of amides is 1. The zero-order chi connectivity index (χ0) is 18.9. The maximum atomic E-state index is 12.1. The largest absolute Gasteiger partial charge is 0.492 e. The molecule has 1 heterocycles. The first-order valence-electron chi connectivity index (χ1n) is 8.35. The number of thiazole rings is 1. The number of nitrogens with one attached hydrogen (secondary N) is 1. The predicted molar refractivity (Wildman–Crippen MR) is 102 cm³/mol. The summed E-state index contributed by atoms with van der Waals surface area (Å²) < 4.78 is 10.7. The molecule has 0 fully saturated rings. The zero-order valence-electron chi connectivity index (χ0n) is 14.5. The summed E-state index contributed by atoms with van der Waals surface area (Å²) in [6, 6.07) is 18.1. The molecule has 27 heavy (non-hydrogen) atoms. The Bertz CT molecular complexity index is 881. The fourth-order valence-corrected chi connectivity index (χ4v) is 2.89. The third kappa shape index (κ3) is 5.65. The van der Waals surface area contributed by atoms with Crippen molar-refractivity contribution in [3.8, 4) is 5.75 Å². The van der Waals surface area contributed by atoms with Gasteiger partial charge in [0.2, 0.25) is 0 Å². The van der Waals surface area contributed by atoms with Gasteiger partial charge in [0.05, 0.1) is 12.1 Å². The van der Waals surface area contributed by atoms with E-state index in [0.29, 0.717) is 29.4 Å². The number of hydrogen-bond donors (Lipinski definition) is 1. The van der Waals surface area contributed by atoms with Crippen LogP contribution >= 0.6 is 11.3 Å². The number of hydrogen-bond acceptors (Lipinski definition) is 6. The van der Waals surface area contributed by atoms with E-state index in [1.807, 2.05) is 36.4 Å². The molecule has 1 aromatic heterocycles. The Hall–Kier alpha value is -3.19. The van der Waals surface area contributed by atoms with Crippen LogP contribution in [0.25, 0.3) is 0 Å². The Morgan fingerprint density at radius 3 is 2.44 bits per heavy atom. The SMILES string of the molecule is O=C(OCc1nc(C(=O)NCCOc2ccccc2)cs1)c1ccccc1. The normalized spacial score (nSPS) is 10.2. The number of esters is 1. The van der Waals surface area contributed by atoms with Crippen molar-refractivity contribution < 1.29 is 19.1 Å². The highest BCUT2D eigenvalue weighted by Crippen LogP contribution is 2.12. The summed E-state index contributed by atoms with van der Waals surface area (Å²) >= 11 is 1.27. The smallest absolute Gasteiger partial charge is 0.338 e. The molecule has 0 spiro atoms. The molecule has 0 aliphatic carbocycles. The van der Waals surface area contributed by atoms with E-state index in [4.69, 9.17) is 9.47 Å². The van der Waals surface area contributed by atoms with E-state index in [-0.39, 0.29) is 12.5 Å². The number of para-hydroxylation sites is 1. The van der Waals surface area contributed by atoms with E-state index in [1.54, 1.807) is 29.6 Å². The molecule has 3 rings (SSSR count). The third-order valence-electron chi connectivity index (χ3n) is 3.52. The van der Waals surface area contributed by atoms with Crippen molar-refractivity contribution in [2.45, 2.75) is 6.61 Å². The molecular formula is C20H18N2O4S. The van der Waals surface area contributed by atoms with E-state index in [2.05, 4.69) is 10.3 Å². The van der Waals surface area contributed by atoms with Gasteiger partial charge in [-0.05, 0) is 24.3 Å². The van der Waals surface area contributed by atoms with E-state index >= 15 is 0 Å². The maximum Gasteiger partial charge on any atom is 0.338 e. The number of carbonyl (C=O) groups excluding carboxylic acids is 2. The van der Waals surface area contributed by atoms with Crippen molar-refractivity contribution in [1.82, 2.24) is 10.3 Å². The fourth-order valence-electron chi connectivity index (χ4n) is 2.21. The lowest BCUT2D eigenvalue weighted by Gasteiger charge is -2.06. The number of ether oxygens (including phenoxy) is 2. The molecule has 138 valence electrons. The molecular weight excluding hydrogens is 364 g/mol. The summed E-state index contributed by atoms with van der Waals surface area (Å²) in [6.07, 6.45) is 0. The van der Waals surface area contributed by atoms with E-state index in [1.165, 1.54) is 11.3 Å². The molecule has 0 atom stereocenters. The Labute approximate surface area is 160 Å². The molecule has 0 aliphatic rings. The van der Waals surface area contributed by atoms with Crippen molar-refractivity contribution >= 4 is 23.2 Å². The minimum Gasteiger partial charge on any atom is -0.492 e. The van der Waals surface area contributed by atoms with Gasteiger partial charge in [-0.25, -0.2) is 9.78 Å². The van der Waals surface area contributed by atoms with Crippen LogP contribution in [0.15, 0.2) is 66.0 Å². The molecule has 3 aromatic rings. The van der Waals surface area contributed by atoms with Gasteiger partial charge in [-0.15, -0.1) is 11.3 Å². The quantitative estimate of drug-likeness (QED) is 0.478. The number of benzene rings is 2. The molecule has 0 bridgehead atoms. The zero-order valence-corrected chi connectivity index (χ0v) is 15.3. The predicted octanol–water partition coefficient (Wildman–Crippen LogP) is 3.31. The minimum absolute atomic E-state index is 0.0305. The Kier molecular flexibility index (Phi) is 6.54. The number of carbonyl (C=O) groups is 2. The van der Waals surface area contributed by atoms with Gasteiger partial charge in [0, 0.05) is 5.38 Å². The molecule has 7 heteroatoms. The highest BCUT2D eigenvalue weighted by atomic mass is 32.1. The summed E-state index contributed by atoms with van der Waals surface area (Å²) in [5.41, 5.74) is 0.774. The molecule has 0 unspecified atom stereocenters. The van der Waals surface area contributed by atoms with Crippen molar-refractivity contribution in [3.63, 3.8) is 0 Å². The van der Waals surface area contributed by atoms with Gasteiger partial charge in [0.15, 0.2) is 0 Å². The summed E-state index contributed by atoms with van der Waals surface area (Å²) in [7, 11) is 0. The minimum atomic E-state index is -0.421. The molecule has 0 saturated carbocycles. The van der Waals surface area contributed by atoms with E-state index < -0.39 is 5.97 Å². The fraction of sp³-hybridized carbons (Fsp3) is 0.150. The lowest BCUT2D eigenvalue weighted by Crippen LogP contribution is -2.28. The second kappa shape index (κ2) is 9.49. The summed E-state index contributed by atoms with van der Waals surface area (Å²) in [4.78, 5) is 28.2. The number of rotatable bonds is 8. The second-order valence-corrected chi connectivity index (χ2v) is 6.43. The van der Waals surface area contributed by atoms with Crippen LogP contribution in [-0.2, 0) is 11.3 Å². The van der Waals surface area contributed by atoms with Crippen LogP contribution in [0, 0.1) is 0 Å². The first-order valence-corrected chi connectivity index (χ1v) is 9.23.